The molecule has 0 N–H and O–H groups in total. The van der Waals surface area contributed by atoms with Crippen molar-refractivity contribution < 1.29 is 9.53 Å². The summed E-state index contributed by atoms with van der Waals surface area (Å²) in [6.07, 6.45) is 1.02. The first kappa shape index (κ1) is 17.0. The molecule has 0 bridgehead atoms. The molecule has 128 valence electrons. The van der Waals surface area contributed by atoms with Gasteiger partial charge in [-0.3, -0.25) is 4.79 Å². The Hall–Kier alpha value is -2.81. The number of nitrogens with zero attached hydrogens (tertiary/aromatic N) is 1. The molecule has 0 fully saturated rings. The van der Waals surface area contributed by atoms with Crippen molar-refractivity contribution in [3.63, 3.8) is 0 Å². The molecule has 2 aromatic carbocycles. The molecule has 0 aliphatic carbocycles. The molecular weight excluding hydrogens is 310 g/mol. The lowest BCUT2D eigenvalue weighted by molar-refractivity contribution is -0.140. The second-order valence-electron chi connectivity index (χ2n) is 6.32. The quantitative estimate of drug-likeness (QED) is 0.624. The number of methoxy groups -OCH3 is 1. The Morgan fingerprint density at radius 2 is 1.48 bits per heavy atom. The van der Waals surface area contributed by atoms with E-state index in [2.05, 4.69) is 79.1 Å². The first-order valence-electron chi connectivity index (χ1n) is 8.50. The van der Waals surface area contributed by atoms with E-state index in [0.717, 1.165) is 22.6 Å². The van der Waals surface area contributed by atoms with Gasteiger partial charge >= 0.3 is 5.97 Å². The predicted molar refractivity (Wildman–Crippen MR) is 101 cm³/mol. The van der Waals surface area contributed by atoms with Gasteiger partial charge in [-0.2, -0.15) is 0 Å². The first-order chi connectivity index (χ1) is 12.1. The summed E-state index contributed by atoms with van der Waals surface area (Å²) in [5.74, 6) is -0.187. The molecule has 25 heavy (non-hydrogen) atoms. The van der Waals surface area contributed by atoms with Crippen LogP contribution in [0, 0.1) is 13.8 Å². The van der Waals surface area contributed by atoms with Crippen molar-refractivity contribution in [3.8, 4) is 16.9 Å². The highest BCUT2D eigenvalue weighted by Crippen LogP contribution is 2.28. The lowest BCUT2D eigenvalue weighted by Gasteiger charge is -2.14. The number of rotatable bonds is 5. The van der Waals surface area contributed by atoms with Crippen LogP contribution >= 0.6 is 0 Å². The number of aromatic nitrogens is 1. The average Bonchev–Trinajstić information content (AvgIpc) is 3.05. The second kappa shape index (κ2) is 7.39. The summed E-state index contributed by atoms with van der Waals surface area (Å²) < 4.78 is 7.02. The lowest BCUT2D eigenvalue weighted by atomic mass is 10.1. The molecule has 0 aliphatic heterocycles. The number of hydrogen-bond donors (Lipinski definition) is 0. The molecule has 0 amide bonds. The third-order valence-electron chi connectivity index (χ3n) is 4.41. The lowest BCUT2D eigenvalue weighted by Crippen LogP contribution is -2.07. The van der Waals surface area contributed by atoms with Crippen LogP contribution in [0.1, 0.15) is 23.2 Å². The summed E-state index contributed by atoms with van der Waals surface area (Å²) in [4.78, 5) is 11.6. The van der Waals surface area contributed by atoms with E-state index in [1.807, 2.05) is 0 Å². The maximum Gasteiger partial charge on any atom is 0.305 e. The summed E-state index contributed by atoms with van der Waals surface area (Å²) in [7, 11) is 1.43. The van der Waals surface area contributed by atoms with Gasteiger partial charge in [-0.05, 0) is 50.1 Å². The molecule has 0 saturated heterocycles. The molecule has 3 rings (SSSR count). The van der Waals surface area contributed by atoms with Crippen molar-refractivity contribution in [1.82, 2.24) is 4.57 Å². The van der Waals surface area contributed by atoms with E-state index in [1.165, 1.54) is 18.2 Å². The van der Waals surface area contributed by atoms with E-state index in [0.29, 0.717) is 12.8 Å². The fourth-order valence-electron chi connectivity index (χ4n) is 2.95. The van der Waals surface area contributed by atoms with Gasteiger partial charge in [0.15, 0.2) is 0 Å². The normalized spacial score (nSPS) is 10.7. The van der Waals surface area contributed by atoms with Crippen LogP contribution in [0.4, 0.5) is 0 Å². The molecule has 1 aromatic heterocycles. The van der Waals surface area contributed by atoms with Crippen molar-refractivity contribution in [1.29, 1.82) is 0 Å². The predicted octanol–water partition coefficient (Wildman–Crippen LogP) is 4.87. The van der Waals surface area contributed by atoms with Gasteiger partial charge in [0, 0.05) is 11.4 Å². The summed E-state index contributed by atoms with van der Waals surface area (Å²) in [6.45, 7) is 4.17. The Kier molecular flexibility index (Phi) is 5.03. The van der Waals surface area contributed by atoms with Crippen LogP contribution in [-0.4, -0.2) is 17.6 Å². The topological polar surface area (TPSA) is 31.2 Å². The fraction of sp³-hybridized carbons (Fsp3) is 0.227. The van der Waals surface area contributed by atoms with Crippen molar-refractivity contribution >= 4 is 5.97 Å². The van der Waals surface area contributed by atoms with E-state index in [-0.39, 0.29) is 5.97 Å². The van der Waals surface area contributed by atoms with Gasteiger partial charge in [-0.1, -0.05) is 47.5 Å². The standard InChI is InChI=1S/C22H23NO2/c1-16-4-8-18(9-5-16)21-14-12-20(13-15-22(24)25-3)23(21)19-10-6-17(2)7-11-19/h4-12,14H,13,15H2,1-3H3. The van der Waals surface area contributed by atoms with Gasteiger partial charge in [-0.15, -0.1) is 0 Å². The Bertz CT molecular complexity index is 858. The summed E-state index contributed by atoms with van der Waals surface area (Å²) in [6, 6.07) is 21.2. The van der Waals surface area contributed by atoms with Crippen LogP contribution in [0.15, 0.2) is 60.7 Å². The molecule has 0 saturated carbocycles. The highest BCUT2D eigenvalue weighted by atomic mass is 16.5. The third-order valence-corrected chi connectivity index (χ3v) is 4.41. The molecule has 0 radical (unpaired) electrons. The molecule has 0 unspecified atom stereocenters. The van der Waals surface area contributed by atoms with Gasteiger partial charge in [0.1, 0.15) is 0 Å². The summed E-state index contributed by atoms with van der Waals surface area (Å²) in [5.41, 5.74) is 6.96. The molecule has 3 aromatic rings. The molecular formula is C22H23NO2. The zero-order valence-electron chi connectivity index (χ0n) is 15.0. The minimum atomic E-state index is -0.187. The largest absolute Gasteiger partial charge is 0.469 e. The monoisotopic (exact) mass is 333 g/mol. The SMILES string of the molecule is COC(=O)CCc1ccc(-c2ccc(C)cc2)n1-c1ccc(C)cc1. The molecule has 3 heteroatoms. The number of carbonyl (C=O) groups excluding carboxylic acids is 1. The van der Waals surface area contributed by atoms with E-state index < -0.39 is 0 Å². The Morgan fingerprint density at radius 3 is 2.08 bits per heavy atom. The van der Waals surface area contributed by atoms with Crippen molar-refractivity contribution in [2.45, 2.75) is 26.7 Å². The third kappa shape index (κ3) is 3.82. The number of carbonyl (C=O) groups is 1. The number of benzene rings is 2. The summed E-state index contributed by atoms with van der Waals surface area (Å²) in [5, 5.41) is 0. The van der Waals surface area contributed by atoms with Crippen LogP contribution in [0.5, 0.6) is 0 Å². The van der Waals surface area contributed by atoms with E-state index in [4.69, 9.17) is 4.74 Å². The minimum Gasteiger partial charge on any atom is -0.469 e. The van der Waals surface area contributed by atoms with Crippen LogP contribution in [0.25, 0.3) is 16.9 Å². The van der Waals surface area contributed by atoms with Gasteiger partial charge in [0.25, 0.3) is 0 Å². The average molecular weight is 333 g/mol. The fourth-order valence-corrected chi connectivity index (χ4v) is 2.95. The van der Waals surface area contributed by atoms with Gasteiger partial charge in [-0.25, -0.2) is 0 Å². The maximum atomic E-state index is 11.6. The minimum absolute atomic E-state index is 0.187. The van der Waals surface area contributed by atoms with Gasteiger partial charge < -0.3 is 9.30 Å². The highest BCUT2D eigenvalue weighted by molar-refractivity contribution is 5.70. The second-order valence-corrected chi connectivity index (χ2v) is 6.32. The smallest absolute Gasteiger partial charge is 0.305 e. The van der Waals surface area contributed by atoms with Crippen LogP contribution in [0.2, 0.25) is 0 Å². The van der Waals surface area contributed by atoms with Crippen LogP contribution < -0.4 is 0 Å². The molecule has 3 nitrogen and oxygen atoms in total. The Labute approximate surface area is 148 Å². The zero-order valence-corrected chi connectivity index (χ0v) is 15.0. The number of esters is 1. The van der Waals surface area contributed by atoms with Crippen molar-refractivity contribution in [2.75, 3.05) is 7.11 Å². The van der Waals surface area contributed by atoms with Crippen LogP contribution in [-0.2, 0) is 16.0 Å². The Balaban J connectivity index is 2.05. The van der Waals surface area contributed by atoms with E-state index in [9.17, 15) is 4.79 Å². The molecule has 0 aliphatic rings. The maximum absolute atomic E-state index is 11.6. The van der Waals surface area contributed by atoms with Crippen LogP contribution in [0.3, 0.4) is 0 Å². The number of ether oxygens (including phenoxy) is 1. The highest BCUT2D eigenvalue weighted by Gasteiger charge is 2.13. The zero-order chi connectivity index (χ0) is 17.8. The number of aryl methyl sites for hydroxylation is 3. The number of hydrogen-bond acceptors (Lipinski definition) is 2. The first-order valence-corrected chi connectivity index (χ1v) is 8.50. The van der Waals surface area contributed by atoms with Crippen molar-refractivity contribution in [3.05, 3.63) is 77.5 Å². The molecule has 1 heterocycles. The van der Waals surface area contributed by atoms with Gasteiger partial charge in [0.2, 0.25) is 0 Å². The molecule has 0 spiro atoms. The molecule has 0 atom stereocenters. The van der Waals surface area contributed by atoms with E-state index >= 15 is 0 Å². The van der Waals surface area contributed by atoms with Crippen molar-refractivity contribution in [2.24, 2.45) is 0 Å². The summed E-state index contributed by atoms with van der Waals surface area (Å²) >= 11 is 0. The van der Waals surface area contributed by atoms with E-state index in [1.54, 1.807) is 0 Å². The van der Waals surface area contributed by atoms with Gasteiger partial charge in [0.05, 0.1) is 19.2 Å². The Morgan fingerprint density at radius 1 is 0.880 bits per heavy atom.